The molecule has 1 saturated heterocycles. The number of amides is 1. The minimum Gasteiger partial charge on any atom is -0.384 e. The summed E-state index contributed by atoms with van der Waals surface area (Å²) < 4.78 is 5.15. The second-order valence-corrected chi connectivity index (χ2v) is 5.47. The highest BCUT2D eigenvalue weighted by Crippen LogP contribution is 2.22. The van der Waals surface area contributed by atoms with E-state index >= 15 is 0 Å². The quantitative estimate of drug-likeness (QED) is 0.866. The van der Waals surface area contributed by atoms with Gasteiger partial charge >= 0.3 is 0 Å². The highest BCUT2D eigenvalue weighted by Gasteiger charge is 2.27. The Morgan fingerprint density at radius 2 is 2.38 bits per heavy atom. The molecule has 0 saturated carbocycles. The molecule has 1 fully saturated rings. The van der Waals surface area contributed by atoms with Crippen LogP contribution < -0.4 is 5.73 Å². The van der Waals surface area contributed by atoms with Crippen LogP contribution >= 0.6 is 11.6 Å². The Kier molecular flexibility index (Phi) is 5.63. The number of likely N-dealkylation sites (tertiary alicyclic amines) is 1. The lowest BCUT2D eigenvalue weighted by Gasteiger charge is -2.16. The standard InChI is InChI=1S/C16H19ClN2O2/c1-21-11-12-6-8-19(10-12)16(20)14-5-4-13(3-2-7-18)15(17)9-14/h4-5,9,12H,6-8,10-11,18H2,1H3. The molecular formula is C16H19ClN2O2. The smallest absolute Gasteiger partial charge is 0.253 e. The first-order valence-corrected chi connectivity index (χ1v) is 7.30. The van der Waals surface area contributed by atoms with E-state index in [2.05, 4.69) is 11.8 Å². The normalized spacial score (nSPS) is 17.5. The van der Waals surface area contributed by atoms with Crippen molar-refractivity contribution in [2.24, 2.45) is 11.7 Å². The van der Waals surface area contributed by atoms with Crippen molar-refractivity contribution in [2.45, 2.75) is 6.42 Å². The Morgan fingerprint density at radius 3 is 3.05 bits per heavy atom. The Balaban J connectivity index is 2.08. The van der Waals surface area contributed by atoms with Crippen LogP contribution in [0.2, 0.25) is 5.02 Å². The molecule has 4 nitrogen and oxygen atoms in total. The van der Waals surface area contributed by atoms with Crippen LogP contribution in [-0.4, -0.2) is 44.2 Å². The van der Waals surface area contributed by atoms with Crippen molar-refractivity contribution in [3.8, 4) is 11.8 Å². The zero-order valence-corrected chi connectivity index (χ0v) is 12.8. The Bertz CT molecular complexity index is 577. The number of hydrogen-bond acceptors (Lipinski definition) is 3. The van der Waals surface area contributed by atoms with Crippen molar-refractivity contribution in [1.29, 1.82) is 0 Å². The van der Waals surface area contributed by atoms with Crippen LogP contribution in [0, 0.1) is 17.8 Å². The molecule has 0 aliphatic carbocycles. The topological polar surface area (TPSA) is 55.6 Å². The summed E-state index contributed by atoms with van der Waals surface area (Å²) in [5.41, 5.74) is 6.62. The second-order valence-electron chi connectivity index (χ2n) is 5.06. The summed E-state index contributed by atoms with van der Waals surface area (Å²) in [6, 6.07) is 5.20. The number of methoxy groups -OCH3 is 1. The molecule has 21 heavy (non-hydrogen) atoms. The Labute approximate surface area is 130 Å². The number of nitrogens with two attached hydrogens (primary N) is 1. The summed E-state index contributed by atoms with van der Waals surface area (Å²) in [6.07, 6.45) is 0.980. The van der Waals surface area contributed by atoms with Gasteiger partial charge in [0.15, 0.2) is 0 Å². The third kappa shape index (κ3) is 3.98. The van der Waals surface area contributed by atoms with E-state index in [4.69, 9.17) is 22.1 Å². The molecule has 1 aliphatic heterocycles. The van der Waals surface area contributed by atoms with E-state index in [1.54, 1.807) is 25.3 Å². The van der Waals surface area contributed by atoms with Gasteiger partial charge in [0, 0.05) is 37.2 Å². The molecule has 1 atom stereocenters. The minimum absolute atomic E-state index is 0.00818. The fourth-order valence-corrected chi connectivity index (χ4v) is 2.69. The van der Waals surface area contributed by atoms with Crippen molar-refractivity contribution in [1.82, 2.24) is 4.90 Å². The van der Waals surface area contributed by atoms with E-state index in [1.807, 2.05) is 4.90 Å². The van der Waals surface area contributed by atoms with Crippen LogP contribution in [0.1, 0.15) is 22.3 Å². The van der Waals surface area contributed by atoms with Crippen molar-refractivity contribution < 1.29 is 9.53 Å². The number of carbonyl (C=O) groups excluding carboxylic acids is 1. The Hall–Kier alpha value is -1.54. The molecule has 2 N–H and O–H groups in total. The summed E-state index contributed by atoms with van der Waals surface area (Å²) in [6.45, 7) is 2.47. The van der Waals surface area contributed by atoms with Crippen LogP contribution in [0.25, 0.3) is 0 Å². The molecule has 112 valence electrons. The maximum absolute atomic E-state index is 12.4. The summed E-state index contributed by atoms with van der Waals surface area (Å²) >= 11 is 6.16. The van der Waals surface area contributed by atoms with E-state index in [1.165, 1.54) is 0 Å². The number of halogens is 1. The lowest BCUT2D eigenvalue weighted by atomic mass is 10.1. The van der Waals surface area contributed by atoms with Gasteiger partial charge in [0.25, 0.3) is 5.91 Å². The van der Waals surface area contributed by atoms with Gasteiger partial charge in [-0.15, -0.1) is 0 Å². The molecule has 0 aromatic heterocycles. The van der Waals surface area contributed by atoms with Gasteiger partial charge in [-0.3, -0.25) is 4.79 Å². The van der Waals surface area contributed by atoms with Crippen molar-refractivity contribution in [3.05, 3.63) is 34.3 Å². The molecule has 1 unspecified atom stereocenters. The van der Waals surface area contributed by atoms with Crippen molar-refractivity contribution in [3.63, 3.8) is 0 Å². The summed E-state index contributed by atoms with van der Waals surface area (Å²) in [5, 5.41) is 0.481. The van der Waals surface area contributed by atoms with Crippen LogP contribution in [-0.2, 0) is 4.74 Å². The minimum atomic E-state index is 0.00818. The summed E-state index contributed by atoms with van der Waals surface area (Å²) in [5.74, 6) is 6.07. The van der Waals surface area contributed by atoms with E-state index < -0.39 is 0 Å². The van der Waals surface area contributed by atoms with Gasteiger partial charge in [0.2, 0.25) is 0 Å². The van der Waals surface area contributed by atoms with Crippen molar-refractivity contribution >= 4 is 17.5 Å². The third-order valence-electron chi connectivity index (χ3n) is 3.52. The Morgan fingerprint density at radius 1 is 1.57 bits per heavy atom. The van der Waals surface area contributed by atoms with Gasteiger partial charge < -0.3 is 15.4 Å². The van der Waals surface area contributed by atoms with Gasteiger partial charge in [-0.25, -0.2) is 0 Å². The fourth-order valence-electron chi connectivity index (χ4n) is 2.47. The highest BCUT2D eigenvalue weighted by atomic mass is 35.5. The molecule has 1 amide bonds. The molecule has 1 aromatic rings. The first-order valence-electron chi connectivity index (χ1n) is 6.92. The molecule has 1 aromatic carbocycles. The first kappa shape index (κ1) is 15.8. The average Bonchev–Trinajstić information content (AvgIpc) is 2.94. The maximum atomic E-state index is 12.4. The maximum Gasteiger partial charge on any atom is 0.253 e. The monoisotopic (exact) mass is 306 g/mol. The first-order chi connectivity index (χ1) is 10.2. The number of nitrogens with zero attached hydrogens (tertiary/aromatic N) is 1. The fraction of sp³-hybridized carbons (Fsp3) is 0.438. The molecule has 5 heteroatoms. The van der Waals surface area contributed by atoms with Crippen LogP contribution in [0.3, 0.4) is 0 Å². The molecule has 1 heterocycles. The molecular weight excluding hydrogens is 288 g/mol. The van der Waals surface area contributed by atoms with Gasteiger partial charge in [-0.1, -0.05) is 23.4 Å². The summed E-state index contributed by atoms with van der Waals surface area (Å²) in [7, 11) is 1.69. The number of benzene rings is 1. The van der Waals surface area contributed by atoms with Crippen LogP contribution in [0.4, 0.5) is 0 Å². The van der Waals surface area contributed by atoms with E-state index in [-0.39, 0.29) is 12.5 Å². The molecule has 0 spiro atoms. The number of hydrogen-bond donors (Lipinski definition) is 1. The zero-order chi connectivity index (χ0) is 15.2. The van der Waals surface area contributed by atoms with E-state index in [9.17, 15) is 4.79 Å². The van der Waals surface area contributed by atoms with Crippen LogP contribution in [0.15, 0.2) is 18.2 Å². The largest absolute Gasteiger partial charge is 0.384 e. The number of rotatable bonds is 3. The molecule has 1 aliphatic rings. The van der Waals surface area contributed by atoms with E-state index in [0.717, 1.165) is 19.5 Å². The second kappa shape index (κ2) is 7.46. The average molecular weight is 307 g/mol. The van der Waals surface area contributed by atoms with Crippen LogP contribution in [0.5, 0.6) is 0 Å². The summed E-state index contributed by atoms with van der Waals surface area (Å²) in [4.78, 5) is 14.3. The number of carbonyl (C=O) groups is 1. The number of ether oxygens (including phenoxy) is 1. The predicted molar refractivity (Wildman–Crippen MR) is 83.3 cm³/mol. The predicted octanol–water partition coefficient (Wildman–Crippen LogP) is 1.76. The third-order valence-corrected chi connectivity index (χ3v) is 3.83. The van der Waals surface area contributed by atoms with Gasteiger partial charge in [0.05, 0.1) is 18.2 Å². The molecule has 2 rings (SSSR count). The molecule has 0 radical (unpaired) electrons. The lowest BCUT2D eigenvalue weighted by Crippen LogP contribution is -2.29. The van der Waals surface area contributed by atoms with Gasteiger partial charge in [-0.05, 0) is 24.6 Å². The SMILES string of the molecule is COCC1CCN(C(=O)c2ccc(C#CCN)c(Cl)c2)C1. The lowest BCUT2D eigenvalue weighted by molar-refractivity contribution is 0.0775. The van der Waals surface area contributed by atoms with Crippen molar-refractivity contribution in [2.75, 3.05) is 33.4 Å². The molecule has 0 bridgehead atoms. The van der Waals surface area contributed by atoms with E-state index in [0.29, 0.717) is 28.7 Å². The highest BCUT2D eigenvalue weighted by molar-refractivity contribution is 6.32. The zero-order valence-electron chi connectivity index (χ0n) is 12.1. The van der Waals surface area contributed by atoms with Gasteiger partial charge in [-0.2, -0.15) is 0 Å². The van der Waals surface area contributed by atoms with Gasteiger partial charge in [0.1, 0.15) is 0 Å².